The molecule has 0 spiro atoms. The van der Waals surface area contributed by atoms with Crippen LogP contribution >= 0.6 is 12.2 Å². The monoisotopic (exact) mass is 357 g/mol. The van der Waals surface area contributed by atoms with Crippen molar-refractivity contribution in [3.63, 3.8) is 0 Å². The standard InChI is InChI=1S/C18H23N5OS/c1-13(16(12-19)17(20)25)22-8-10-23(11-9-22)15-6-4-14(5-7-15)18(24)21(2)3/h4-7H,8-11H2,1-3H3,(H2,20,25). The molecule has 1 amide bonds. The van der Waals surface area contributed by atoms with Gasteiger partial charge in [-0.25, -0.2) is 0 Å². The van der Waals surface area contributed by atoms with Crippen LogP contribution in [0.2, 0.25) is 0 Å². The maximum absolute atomic E-state index is 12.0. The van der Waals surface area contributed by atoms with E-state index in [1.54, 1.807) is 19.0 Å². The van der Waals surface area contributed by atoms with E-state index >= 15 is 0 Å². The summed E-state index contributed by atoms with van der Waals surface area (Å²) in [6.07, 6.45) is 0. The first-order valence-corrected chi connectivity index (χ1v) is 8.48. The van der Waals surface area contributed by atoms with E-state index in [0.29, 0.717) is 11.1 Å². The molecule has 7 heteroatoms. The van der Waals surface area contributed by atoms with Gasteiger partial charge in [-0.1, -0.05) is 12.2 Å². The number of piperazine rings is 1. The Morgan fingerprint density at radius 3 is 2.20 bits per heavy atom. The number of allylic oxidation sites excluding steroid dienone is 1. The molecule has 0 radical (unpaired) electrons. The molecule has 1 saturated heterocycles. The topological polar surface area (TPSA) is 76.6 Å². The van der Waals surface area contributed by atoms with E-state index in [1.165, 1.54) is 0 Å². The molecule has 25 heavy (non-hydrogen) atoms. The highest BCUT2D eigenvalue weighted by molar-refractivity contribution is 7.80. The Balaban J connectivity index is 2.04. The Kier molecular flexibility index (Phi) is 5.99. The molecule has 1 aliphatic rings. The summed E-state index contributed by atoms with van der Waals surface area (Å²) in [4.78, 5) is 18.1. The third kappa shape index (κ3) is 4.28. The number of nitrogens with zero attached hydrogens (tertiary/aromatic N) is 4. The Bertz CT molecular complexity index is 725. The molecule has 2 rings (SSSR count). The van der Waals surface area contributed by atoms with Crippen LogP contribution in [-0.2, 0) is 0 Å². The molecule has 0 atom stereocenters. The third-order valence-corrected chi connectivity index (χ3v) is 4.56. The smallest absolute Gasteiger partial charge is 0.253 e. The highest BCUT2D eigenvalue weighted by atomic mass is 32.1. The quantitative estimate of drug-likeness (QED) is 0.501. The average molecular weight is 357 g/mol. The second kappa shape index (κ2) is 7.99. The molecule has 6 nitrogen and oxygen atoms in total. The first-order valence-electron chi connectivity index (χ1n) is 8.07. The molecule has 0 bridgehead atoms. The summed E-state index contributed by atoms with van der Waals surface area (Å²) in [6, 6.07) is 9.76. The maximum atomic E-state index is 12.0. The van der Waals surface area contributed by atoms with Crippen molar-refractivity contribution in [3.8, 4) is 6.07 Å². The van der Waals surface area contributed by atoms with Crippen molar-refractivity contribution in [2.45, 2.75) is 6.92 Å². The van der Waals surface area contributed by atoms with Gasteiger partial charge in [0.1, 0.15) is 16.6 Å². The normalized spacial score (nSPS) is 15.3. The van der Waals surface area contributed by atoms with Crippen LogP contribution in [-0.4, -0.2) is 61.0 Å². The first-order chi connectivity index (χ1) is 11.8. The zero-order chi connectivity index (χ0) is 18.6. The lowest BCUT2D eigenvalue weighted by molar-refractivity contribution is 0.0827. The van der Waals surface area contributed by atoms with E-state index in [9.17, 15) is 10.1 Å². The minimum absolute atomic E-state index is 0.00100. The molecule has 0 saturated carbocycles. The fourth-order valence-corrected chi connectivity index (χ4v) is 3.04. The summed E-state index contributed by atoms with van der Waals surface area (Å²) in [5.74, 6) is -0.00100. The molecule has 2 N–H and O–H groups in total. The zero-order valence-corrected chi connectivity index (χ0v) is 15.6. The summed E-state index contributed by atoms with van der Waals surface area (Å²) < 4.78 is 0. The lowest BCUT2D eigenvalue weighted by atomic mass is 10.1. The van der Waals surface area contributed by atoms with Gasteiger partial charge in [0.15, 0.2) is 0 Å². The molecule has 0 aromatic heterocycles. The van der Waals surface area contributed by atoms with Gasteiger partial charge in [0, 0.05) is 57.2 Å². The van der Waals surface area contributed by atoms with Gasteiger partial charge >= 0.3 is 0 Å². The zero-order valence-electron chi connectivity index (χ0n) is 14.8. The summed E-state index contributed by atoms with van der Waals surface area (Å²) in [5.41, 5.74) is 8.61. The Hall–Kier alpha value is -2.59. The van der Waals surface area contributed by atoms with Crippen LogP contribution in [0, 0.1) is 11.3 Å². The number of hydrogen-bond donors (Lipinski definition) is 1. The lowest BCUT2D eigenvalue weighted by Gasteiger charge is -2.38. The predicted molar refractivity (Wildman–Crippen MR) is 103 cm³/mol. The number of nitriles is 1. The summed E-state index contributed by atoms with van der Waals surface area (Å²) in [5, 5.41) is 9.19. The number of thiocarbonyl (C=S) groups is 1. The van der Waals surface area contributed by atoms with Crippen molar-refractivity contribution < 1.29 is 4.79 Å². The van der Waals surface area contributed by atoms with E-state index in [4.69, 9.17) is 18.0 Å². The van der Waals surface area contributed by atoms with Gasteiger partial charge in [0.05, 0.1) is 0 Å². The van der Waals surface area contributed by atoms with Gasteiger partial charge in [-0.2, -0.15) is 5.26 Å². The van der Waals surface area contributed by atoms with Crippen LogP contribution in [0.25, 0.3) is 0 Å². The fourth-order valence-electron chi connectivity index (χ4n) is 2.85. The lowest BCUT2D eigenvalue weighted by Crippen LogP contribution is -2.46. The van der Waals surface area contributed by atoms with Crippen molar-refractivity contribution in [2.75, 3.05) is 45.2 Å². The number of rotatable bonds is 4. The van der Waals surface area contributed by atoms with Gasteiger partial charge in [-0.15, -0.1) is 0 Å². The number of nitrogens with two attached hydrogens (primary N) is 1. The summed E-state index contributed by atoms with van der Waals surface area (Å²) >= 11 is 4.94. The first kappa shape index (κ1) is 18.7. The van der Waals surface area contributed by atoms with Crippen LogP contribution < -0.4 is 10.6 Å². The Labute approximate surface area is 154 Å². The second-order valence-corrected chi connectivity index (χ2v) is 6.60. The van der Waals surface area contributed by atoms with E-state index in [-0.39, 0.29) is 10.9 Å². The van der Waals surface area contributed by atoms with Crippen LogP contribution in [0.15, 0.2) is 35.5 Å². The van der Waals surface area contributed by atoms with Crippen LogP contribution in [0.4, 0.5) is 5.69 Å². The number of hydrogen-bond acceptors (Lipinski definition) is 5. The van der Waals surface area contributed by atoms with E-state index in [1.807, 2.05) is 31.2 Å². The molecular weight excluding hydrogens is 334 g/mol. The van der Waals surface area contributed by atoms with Gasteiger partial charge < -0.3 is 20.4 Å². The van der Waals surface area contributed by atoms with Gasteiger partial charge in [-0.05, 0) is 31.2 Å². The van der Waals surface area contributed by atoms with Crippen molar-refractivity contribution >= 4 is 28.8 Å². The Morgan fingerprint density at radius 1 is 1.20 bits per heavy atom. The van der Waals surface area contributed by atoms with Gasteiger partial charge in [-0.3, -0.25) is 4.79 Å². The second-order valence-electron chi connectivity index (χ2n) is 6.16. The summed E-state index contributed by atoms with van der Waals surface area (Å²) in [7, 11) is 3.49. The van der Waals surface area contributed by atoms with E-state index in [2.05, 4.69) is 15.9 Å². The van der Waals surface area contributed by atoms with E-state index < -0.39 is 0 Å². The van der Waals surface area contributed by atoms with Crippen LogP contribution in [0.1, 0.15) is 17.3 Å². The molecular formula is C18H23N5OS. The fraction of sp³-hybridized carbons (Fsp3) is 0.389. The largest absolute Gasteiger partial charge is 0.389 e. The predicted octanol–water partition coefficient (Wildman–Crippen LogP) is 1.59. The van der Waals surface area contributed by atoms with Gasteiger partial charge in [0.2, 0.25) is 0 Å². The molecule has 1 aliphatic heterocycles. The minimum Gasteiger partial charge on any atom is -0.389 e. The third-order valence-electron chi connectivity index (χ3n) is 4.36. The van der Waals surface area contributed by atoms with Crippen molar-refractivity contribution in [1.29, 1.82) is 5.26 Å². The maximum Gasteiger partial charge on any atom is 0.253 e. The molecule has 1 aromatic carbocycles. The molecule has 1 aromatic rings. The molecule has 0 unspecified atom stereocenters. The minimum atomic E-state index is -0.00100. The molecule has 1 heterocycles. The average Bonchev–Trinajstić information content (AvgIpc) is 2.61. The number of amides is 1. The molecule has 132 valence electrons. The number of carbonyl (C=O) groups excluding carboxylic acids is 1. The Morgan fingerprint density at radius 2 is 1.76 bits per heavy atom. The van der Waals surface area contributed by atoms with Crippen LogP contribution in [0.3, 0.4) is 0 Å². The number of anilines is 1. The van der Waals surface area contributed by atoms with Gasteiger partial charge in [0.25, 0.3) is 5.91 Å². The highest BCUT2D eigenvalue weighted by Crippen LogP contribution is 2.20. The van der Waals surface area contributed by atoms with Crippen molar-refractivity contribution in [1.82, 2.24) is 9.80 Å². The van der Waals surface area contributed by atoms with Crippen LogP contribution in [0.5, 0.6) is 0 Å². The highest BCUT2D eigenvalue weighted by Gasteiger charge is 2.20. The van der Waals surface area contributed by atoms with Crippen molar-refractivity contribution in [2.24, 2.45) is 5.73 Å². The molecule has 1 fully saturated rings. The number of carbonyl (C=O) groups is 1. The SMILES string of the molecule is CC(=C(C#N)C(N)=S)N1CCN(c2ccc(C(=O)N(C)C)cc2)CC1. The number of benzene rings is 1. The van der Waals surface area contributed by atoms with E-state index in [0.717, 1.165) is 37.6 Å². The molecule has 0 aliphatic carbocycles. The summed E-state index contributed by atoms with van der Waals surface area (Å²) in [6.45, 7) is 5.12. The van der Waals surface area contributed by atoms with Crippen molar-refractivity contribution in [3.05, 3.63) is 41.1 Å².